The van der Waals surface area contributed by atoms with Gasteiger partial charge in [-0.05, 0) is 127 Å². The van der Waals surface area contributed by atoms with Crippen LogP contribution in [0.25, 0.3) is 6.08 Å². The Hall–Kier alpha value is -0.700. The number of cyclic esters (lactones) is 1. The van der Waals surface area contributed by atoms with Gasteiger partial charge in [-0.25, -0.2) is 9.79 Å². The average Bonchev–Trinajstić information content (AvgIpc) is 3.09. The lowest BCUT2D eigenvalue weighted by atomic mass is 10.2. The molecule has 1 aliphatic heterocycles. The molecule has 0 bridgehead atoms. The van der Waals surface area contributed by atoms with Gasteiger partial charge in [-0.15, -0.1) is 0 Å². The Labute approximate surface area is 239 Å². The van der Waals surface area contributed by atoms with Crippen LogP contribution in [0.5, 0.6) is 5.75 Å². The number of ether oxygens (including phenoxy) is 2. The molecule has 0 spiro atoms. The van der Waals surface area contributed by atoms with Crippen molar-refractivity contribution in [2.45, 2.75) is 6.61 Å². The van der Waals surface area contributed by atoms with Gasteiger partial charge in [0.2, 0.25) is 5.90 Å². The lowest BCUT2D eigenvalue weighted by Gasteiger charge is -2.12. The van der Waals surface area contributed by atoms with Gasteiger partial charge in [0.25, 0.3) is 0 Å². The molecule has 0 radical (unpaired) electrons. The highest BCUT2D eigenvalue weighted by Crippen LogP contribution is 2.32. The number of rotatable bonds is 5. The first kappa shape index (κ1) is 24.4. The largest absolute Gasteiger partial charge is 0.487 e. The minimum Gasteiger partial charge on any atom is -0.487 e. The quantitative estimate of drug-likeness (QED) is 0.150. The molecular weight excluding hydrogens is 834 g/mol. The van der Waals surface area contributed by atoms with Gasteiger partial charge in [0.1, 0.15) is 12.4 Å². The number of carbonyl (C=O) groups is 1. The number of benzene rings is 3. The molecule has 1 heterocycles. The van der Waals surface area contributed by atoms with E-state index in [1.807, 2.05) is 48.5 Å². The zero-order valence-electron chi connectivity index (χ0n) is 16.0. The van der Waals surface area contributed by atoms with E-state index in [-0.39, 0.29) is 11.6 Å². The van der Waals surface area contributed by atoms with Gasteiger partial charge < -0.3 is 9.47 Å². The lowest BCUT2D eigenvalue weighted by molar-refractivity contribution is -0.129. The Bertz CT molecular complexity index is 1270. The standard InChI is InChI=1S/C23H12BrClI3NO3/c24-14-3-1-2-12(6-14)11-31-21-18(27)7-13(8-19(21)28)9-20-23(30)32-22(29-20)16-10-15(26)4-5-17(16)25/h1-10H,11H2/b20-9-. The maximum Gasteiger partial charge on any atom is 0.363 e. The summed E-state index contributed by atoms with van der Waals surface area (Å²) in [5.41, 5.74) is 2.72. The van der Waals surface area contributed by atoms with Gasteiger partial charge >= 0.3 is 5.97 Å². The van der Waals surface area contributed by atoms with Crippen molar-refractivity contribution in [1.82, 2.24) is 0 Å². The molecule has 3 aromatic rings. The first-order valence-corrected chi connectivity index (χ1v) is 13.5. The summed E-state index contributed by atoms with van der Waals surface area (Å²) < 4.78 is 15.3. The van der Waals surface area contributed by atoms with Gasteiger partial charge in [0.05, 0.1) is 17.7 Å². The van der Waals surface area contributed by atoms with E-state index in [4.69, 9.17) is 21.1 Å². The zero-order valence-corrected chi connectivity index (χ0v) is 24.9. The molecule has 4 nitrogen and oxygen atoms in total. The van der Waals surface area contributed by atoms with E-state index in [9.17, 15) is 4.79 Å². The van der Waals surface area contributed by atoms with E-state index in [1.54, 1.807) is 12.1 Å². The number of esters is 1. The first-order valence-electron chi connectivity index (χ1n) is 9.14. The predicted molar refractivity (Wildman–Crippen MR) is 155 cm³/mol. The second kappa shape index (κ2) is 10.7. The summed E-state index contributed by atoms with van der Waals surface area (Å²) in [5, 5.41) is 0.481. The molecule has 0 unspecified atom stereocenters. The van der Waals surface area contributed by atoms with Crippen LogP contribution in [0.3, 0.4) is 0 Å². The van der Waals surface area contributed by atoms with Gasteiger partial charge in [-0.2, -0.15) is 0 Å². The highest BCUT2D eigenvalue weighted by molar-refractivity contribution is 14.1. The Morgan fingerprint density at radius 3 is 2.53 bits per heavy atom. The van der Waals surface area contributed by atoms with Crippen molar-refractivity contribution < 1.29 is 14.3 Å². The Morgan fingerprint density at radius 1 is 1.06 bits per heavy atom. The third-order valence-electron chi connectivity index (χ3n) is 4.38. The topological polar surface area (TPSA) is 47.9 Å². The van der Waals surface area contributed by atoms with Crippen LogP contribution in [-0.2, 0) is 16.1 Å². The SMILES string of the molecule is O=C1OC(c2cc(I)ccc2Cl)=N/C1=C\c1cc(I)c(OCc2cccc(Br)c2)c(I)c1. The summed E-state index contributed by atoms with van der Waals surface area (Å²) in [6.07, 6.45) is 1.71. The van der Waals surface area contributed by atoms with Crippen molar-refractivity contribution >= 4 is 113 Å². The Balaban J connectivity index is 1.58. The van der Waals surface area contributed by atoms with E-state index in [0.29, 0.717) is 17.2 Å². The molecule has 0 saturated heterocycles. The summed E-state index contributed by atoms with van der Waals surface area (Å²) in [6, 6.07) is 17.4. The number of hydrogen-bond donors (Lipinski definition) is 0. The minimum absolute atomic E-state index is 0.211. The molecule has 0 aliphatic carbocycles. The lowest BCUT2D eigenvalue weighted by Crippen LogP contribution is -2.06. The molecule has 162 valence electrons. The van der Waals surface area contributed by atoms with Crippen LogP contribution in [0.4, 0.5) is 0 Å². The monoisotopic (exact) mass is 845 g/mol. The van der Waals surface area contributed by atoms with Crippen LogP contribution in [0.15, 0.2) is 69.8 Å². The van der Waals surface area contributed by atoms with Crippen LogP contribution in [-0.4, -0.2) is 11.9 Å². The average molecular weight is 846 g/mol. The van der Waals surface area contributed by atoms with Crippen LogP contribution >= 0.6 is 95.3 Å². The number of nitrogens with zero attached hydrogens (tertiary/aromatic N) is 1. The van der Waals surface area contributed by atoms with E-state index in [2.05, 4.69) is 88.7 Å². The molecule has 0 fully saturated rings. The summed E-state index contributed by atoms with van der Waals surface area (Å²) in [7, 11) is 0. The molecule has 0 aromatic heterocycles. The maximum atomic E-state index is 12.4. The highest BCUT2D eigenvalue weighted by atomic mass is 127. The Kier molecular flexibility index (Phi) is 8.17. The van der Waals surface area contributed by atoms with Crippen LogP contribution < -0.4 is 4.74 Å². The molecule has 0 atom stereocenters. The summed E-state index contributed by atoms with van der Waals surface area (Å²) in [6.45, 7) is 0.461. The first-order chi connectivity index (χ1) is 15.3. The van der Waals surface area contributed by atoms with Crippen LogP contribution in [0.2, 0.25) is 5.02 Å². The maximum absolute atomic E-state index is 12.4. The molecule has 0 N–H and O–H groups in total. The number of halogens is 5. The van der Waals surface area contributed by atoms with Gasteiger partial charge in [-0.3, -0.25) is 0 Å². The molecule has 0 saturated carbocycles. The van der Waals surface area contributed by atoms with E-state index < -0.39 is 5.97 Å². The number of carbonyl (C=O) groups excluding carboxylic acids is 1. The van der Waals surface area contributed by atoms with Gasteiger partial charge in [-0.1, -0.05) is 39.7 Å². The van der Waals surface area contributed by atoms with Gasteiger partial charge in [0, 0.05) is 8.04 Å². The van der Waals surface area contributed by atoms with Crippen molar-refractivity contribution in [2.24, 2.45) is 4.99 Å². The fraction of sp³-hybridized carbons (Fsp3) is 0.0435. The highest BCUT2D eigenvalue weighted by Gasteiger charge is 2.26. The summed E-state index contributed by atoms with van der Waals surface area (Å²) in [4.78, 5) is 16.8. The second-order valence-corrected chi connectivity index (χ2v) is 11.6. The predicted octanol–water partition coefficient (Wildman–Crippen LogP) is 7.84. The van der Waals surface area contributed by atoms with Crippen molar-refractivity contribution in [2.75, 3.05) is 0 Å². The molecule has 9 heteroatoms. The third kappa shape index (κ3) is 5.86. The molecule has 3 aromatic carbocycles. The normalized spacial score (nSPS) is 14.5. The van der Waals surface area contributed by atoms with E-state index >= 15 is 0 Å². The molecule has 1 aliphatic rings. The van der Waals surface area contributed by atoms with Crippen molar-refractivity contribution in [3.63, 3.8) is 0 Å². The minimum atomic E-state index is -0.505. The summed E-state index contributed by atoms with van der Waals surface area (Å²) >= 11 is 16.4. The zero-order chi connectivity index (χ0) is 22.8. The molecular formula is C23H12BrClI3NO3. The van der Waals surface area contributed by atoms with Crippen LogP contribution in [0.1, 0.15) is 16.7 Å². The molecule has 4 rings (SSSR count). The summed E-state index contributed by atoms with van der Waals surface area (Å²) in [5.74, 6) is 0.509. The van der Waals surface area contributed by atoms with E-state index in [1.165, 1.54) is 0 Å². The molecule has 32 heavy (non-hydrogen) atoms. The smallest absolute Gasteiger partial charge is 0.363 e. The fourth-order valence-corrected chi connectivity index (χ4v) is 6.19. The fourth-order valence-electron chi connectivity index (χ4n) is 2.93. The van der Waals surface area contributed by atoms with Crippen molar-refractivity contribution in [3.8, 4) is 5.75 Å². The number of aliphatic imine (C=N–C) groups is 1. The second-order valence-electron chi connectivity index (χ2n) is 6.69. The number of hydrogen-bond acceptors (Lipinski definition) is 4. The Morgan fingerprint density at radius 2 is 1.81 bits per heavy atom. The van der Waals surface area contributed by atoms with E-state index in [0.717, 1.165) is 32.1 Å². The van der Waals surface area contributed by atoms with Crippen molar-refractivity contribution in [1.29, 1.82) is 0 Å². The molecule has 0 amide bonds. The van der Waals surface area contributed by atoms with Crippen molar-refractivity contribution in [3.05, 3.63) is 97.2 Å². The van der Waals surface area contributed by atoms with Crippen LogP contribution in [0, 0.1) is 10.7 Å². The van der Waals surface area contributed by atoms with Gasteiger partial charge in [0.15, 0.2) is 5.70 Å². The third-order valence-corrected chi connectivity index (χ3v) is 7.47.